The highest BCUT2D eigenvalue weighted by Crippen LogP contribution is 2.29. The van der Waals surface area contributed by atoms with Crippen molar-refractivity contribution < 1.29 is 78.3 Å². The number of carboxylic acid groups (broad SMARTS) is 5. The zero-order valence-electron chi connectivity index (χ0n) is 39.5. The fraction of sp³-hybridized carbons (Fsp3) is 0.447. The zero-order valence-corrected chi connectivity index (χ0v) is 39.5. The van der Waals surface area contributed by atoms with E-state index in [1.165, 1.54) is 12.1 Å². The molecule has 1 aliphatic carbocycles. The summed E-state index contributed by atoms with van der Waals surface area (Å²) in [5, 5.41) is 65.6. The molecule has 26 heteroatoms. The number of nitrogens with zero attached hydrogens (tertiary/aromatic N) is 1. The normalized spacial score (nSPS) is 16.1. The van der Waals surface area contributed by atoms with Gasteiger partial charge in [0.1, 0.15) is 30.0 Å². The van der Waals surface area contributed by atoms with E-state index in [2.05, 4.69) is 47.6 Å². The lowest BCUT2D eigenvalue weighted by Crippen LogP contribution is -2.57. The second-order valence-corrected chi connectivity index (χ2v) is 17.3. The first-order valence-corrected chi connectivity index (χ1v) is 23.3. The number of carbonyl (C=O) groups excluding carboxylic acids is 6. The third-order valence-electron chi connectivity index (χ3n) is 12.0. The highest BCUT2D eigenvalue weighted by Gasteiger charge is 2.34. The summed E-state index contributed by atoms with van der Waals surface area (Å²) in [6.45, 7) is 0.0415. The van der Waals surface area contributed by atoms with Crippen molar-refractivity contribution in [3.63, 3.8) is 0 Å². The molecule has 15 N–H and O–H groups in total. The van der Waals surface area contributed by atoms with Crippen molar-refractivity contribution in [3.05, 3.63) is 71.9 Å². The Balaban J connectivity index is 1.31. The summed E-state index contributed by atoms with van der Waals surface area (Å²) in [4.78, 5) is 141. The number of carboxylic acids is 5. The Morgan fingerprint density at radius 3 is 1.82 bits per heavy atom. The van der Waals surface area contributed by atoms with E-state index in [0.717, 1.165) is 22.5 Å². The van der Waals surface area contributed by atoms with Crippen molar-refractivity contribution >= 4 is 82.0 Å². The van der Waals surface area contributed by atoms with Gasteiger partial charge in [0.2, 0.25) is 23.8 Å². The van der Waals surface area contributed by atoms with Crippen LogP contribution in [0.5, 0.6) is 0 Å². The van der Waals surface area contributed by atoms with Gasteiger partial charge in [0.25, 0.3) is 11.8 Å². The van der Waals surface area contributed by atoms with Gasteiger partial charge >= 0.3 is 35.9 Å². The molecule has 1 heterocycles. The van der Waals surface area contributed by atoms with Crippen LogP contribution in [0.1, 0.15) is 86.6 Å². The number of nitrogens with one attached hydrogen (secondary N) is 8. The van der Waals surface area contributed by atoms with Gasteiger partial charge in [-0.3, -0.25) is 33.6 Å². The third-order valence-corrected chi connectivity index (χ3v) is 12.0. The van der Waals surface area contributed by atoms with Gasteiger partial charge in [0.15, 0.2) is 0 Å². The minimum absolute atomic E-state index is 0.0180. The number of unbranched alkanes of at least 4 members (excludes halogenated alkanes) is 1. The number of anilines is 1. The van der Waals surface area contributed by atoms with Crippen LogP contribution in [0.4, 0.5) is 10.6 Å². The lowest BCUT2D eigenvalue weighted by molar-refractivity contribution is -0.147. The molecule has 73 heavy (non-hydrogen) atoms. The molecule has 7 amide bonds. The highest BCUT2D eigenvalue weighted by molar-refractivity contribution is 6.05. The number of carbonyl (C=O) groups is 11. The molecule has 0 aliphatic heterocycles. The quantitative estimate of drug-likeness (QED) is 0.0189. The molecule has 1 aromatic heterocycles. The Morgan fingerprint density at radius 2 is 1.23 bits per heavy atom. The number of hydrogen-bond donors (Lipinski definition) is 14. The average Bonchev–Trinajstić information content (AvgIpc) is 3.36. The van der Waals surface area contributed by atoms with E-state index in [4.69, 9.17) is 10.9 Å². The van der Waals surface area contributed by atoms with E-state index < -0.39 is 127 Å². The smallest absolute Gasteiger partial charge is 0.336 e. The zero-order chi connectivity index (χ0) is 53.6. The second-order valence-electron chi connectivity index (χ2n) is 17.3. The van der Waals surface area contributed by atoms with Gasteiger partial charge in [0.05, 0.1) is 5.56 Å². The number of rotatable bonds is 29. The number of aromatic nitrogens is 1. The van der Waals surface area contributed by atoms with Crippen LogP contribution in [0, 0.1) is 11.8 Å². The molecule has 2 aromatic carbocycles. The largest absolute Gasteiger partial charge is 0.481 e. The maximum Gasteiger partial charge on any atom is 0.336 e. The molecule has 0 spiro atoms. The summed E-state index contributed by atoms with van der Waals surface area (Å²) in [5.74, 6) is -6.40. The Labute approximate surface area is 417 Å². The van der Waals surface area contributed by atoms with Crippen LogP contribution >= 0.6 is 0 Å². The Morgan fingerprint density at radius 1 is 0.603 bits per heavy atom. The molecule has 1 aliphatic rings. The summed E-state index contributed by atoms with van der Waals surface area (Å²) in [5.41, 5.74) is 3.01. The summed E-state index contributed by atoms with van der Waals surface area (Å²) >= 11 is 0. The summed E-state index contributed by atoms with van der Waals surface area (Å²) in [6.07, 6.45) is 1.11. The van der Waals surface area contributed by atoms with E-state index in [9.17, 15) is 73.2 Å². The van der Waals surface area contributed by atoms with E-state index in [1.807, 2.05) is 42.5 Å². The number of hydrogen-bond acceptors (Lipinski definition) is 14. The van der Waals surface area contributed by atoms with Crippen molar-refractivity contribution in [3.8, 4) is 0 Å². The van der Waals surface area contributed by atoms with E-state index in [-0.39, 0.29) is 56.1 Å². The van der Waals surface area contributed by atoms with Crippen LogP contribution in [0.3, 0.4) is 0 Å². The Kier molecular flexibility index (Phi) is 22.3. The van der Waals surface area contributed by atoms with E-state index in [0.29, 0.717) is 25.7 Å². The molecule has 26 nitrogen and oxygen atoms in total. The van der Waals surface area contributed by atoms with Gasteiger partial charge in [-0.1, -0.05) is 42.5 Å². The minimum atomic E-state index is -2.11. The molecular weight excluding hydrogens is 961 g/mol. The number of hydrazine groups is 1. The van der Waals surface area contributed by atoms with Gasteiger partial charge in [-0.25, -0.2) is 30.0 Å². The summed E-state index contributed by atoms with van der Waals surface area (Å²) < 4.78 is 0. The Hall–Kier alpha value is -8.42. The first-order chi connectivity index (χ1) is 34.7. The Bertz CT molecular complexity index is 2480. The van der Waals surface area contributed by atoms with Crippen LogP contribution in [0.25, 0.3) is 10.8 Å². The van der Waals surface area contributed by atoms with Crippen molar-refractivity contribution in [2.24, 2.45) is 17.7 Å². The van der Waals surface area contributed by atoms with Gasteiger partial charge < -0.3 is 68.2 Å². The lowest BCUT2D eigenvalue weighted by Gasteiger charge is -2.29. The number of pyridine rings is 1. The van der Waals surface area contributed by atoms with Crippen molar-refractivity contribution in [2.75, 3.05) is 18.5 Å². The fourth-order valence-corrected chi connectivity index (χ4v) is 7.90. The number of fused-ring (bicyclic) bond motifs is 1. The monoisotopic (exact) mass is 1020 g/mol. The second kappa shape index (κ2) is 28.4. The SMILES string of the molecule is NNc1ccc(C(=O)NC(CCC(=O)O)C(=O)NC(C(=O)O)C(=O)NCC2CCC(C(=O)NC(Cc3ccc4ccccc4c3)C(=O)NCCCCC(NC(=O)NC(CCC(=O)O)C(=O)O)C(=O)O)CC2)cn1. The van der Waals surface area contributed by atoms with Crippen LogP contribution in [-0.2, 0) is 49.6 Å². The highest BCUT2D eigenvalue weighted by atomic mass is 16.4. The minimum Gasteiger partial charge on any atom is -0.481 e. The summed E-state index contributed by atoms with van der Waals surface area (Å²) in [7, 11) is 0. The van der Waals surface area contributed by atoms with Crippen molar-refractivity contribution in [1.29, 1.82) is 0 Å². The van der Waals surface area contributed by atoms with Crippen LogP contribution in [0.2, 0.25) is 0 Å². The number of urea groups is 1. The van der Waals surface area contributed by atoms with Crippen LogP contribution in [-0.4, -0.2) is 139 Å². The molecule has 5 unspecified atom stereocenters. The molecule has 3 aromatic rings. The molecule has 4 rings (SSSR count). The molecule has 0 saturated heterocycles. The average molecular weight is 1020 g/mol. The van der Waals surface area contributed by atoms with Crippen LogP contribution in [0.15, 0.2) is 60.8 Å². The van der Waals surface area contributed by atoms with Crippen molar-refractivity contribution in [1.82, 2.24) is 42.2 Å². The summed E-state index contributed by atoms with van der Waals surface area (Å²) in [6, 6.07) is 7.07. The number of nitrogen functional groups attached to an aromatic ring is 1. The van der Waals surface area contributed by atoms with E-state index in [1.54, 1.807) is 0 Å². The first kappa shape index (κ1) is 57.2. The first-order valence-electron chi connectivity index (χ1n) is 23.3. The number of benzene rings is 2. The predicted molar refractivity (Wildman–Crippen MR) is 256 cm³/mol. The molecule has 394 valence electrons. The van der Waals surface area contributed by atoms with Gasteiger partial charge in [-0.2, -0.15) is 0 Å². The number of nitrogens with two attached hydrogens (primary N) is 1. The van der Waals surface area contributed by atoms with E-state index >= 15 is 0 Å². The molecule has 0 bridgehead atoms. The van der Waals surface area contributed by atoms with Gasteiger partial charge in [-0.05, 0) is 92.2 Å². The topological polar surface area (TPSA) is 424 Å². The number of amides is 7. The fourth-order valence-electron chi connectivity index (χ4n) is 7.90. The van der Waals surface area contributed by atoms with Gasteiger partial charge in [0, 0.05) is 44.5 Å². The van der Waals surface area contributed by atoms with Crippen LogP contribution < -0.4 is 48.5 Å². The molecule has 5 atom stereocenters. The van der Waals surface area contributed by atoms with Gasteiger partial charge in [-0.15, -0.1) is 0 Å². The van der Waals surface area contributed by atoms with Crippen molar-refractivity contribution in [2.45, 2.75) is 107 Å². The predicted octanol–water partition coefficient (Wildman–Crippen LogP) is 0.0600. The molecule has 0 radical (unpaired) electrons. The standard InChI is InChI=1S/C47H60N10O16/c48-57-35-17-14-30(24-50-35)40(63)52-31(15-18-36(58)59)42(65)56-38(46(71)72)43(66)51-23-25-8-12-28(13-9-25)39(62)53-34(22-26-10-11-27-5-1-2-6-29(27)21-26)41(64)49-20-4-3-7-32(44(67)68)54-47(73)55-33(45(69)70)16-19-37(60)61/h1-2,5-6,10-11,14,17,21,24-25,28,31-34,38H,3-4,7-9,12-13,15-16,18-20,22-23,48H2,(H,49,64)(H,50,57)(H,51,66)(H,52,63)(H,53,62)(H,56,65)(H,58,59)(H,60,61)(H,67,68)(H,69,70)(H,71,72)(H2,54,55,73). The maximum atomic E-state index is 13.8. The maximum absolute atomic E-state index is 13.8. The lowest BCUT2D eigenvalue weighted by atomic mass is 9.81. The molecule has 1 saturated carbocycles. The molecule has 1 fully saturated rings. The third kappa shape index (κ3) is 19.0. The molecular formula is C47H60N10O16. The number of aliphatic carboxylic acids is 5.